The summed E-state index contributed by atoms with van der Waals surface area (Å²) in [5.74, 6) is 0. The summed E-state index contributed by atoms with van der Waals surface area (Å²) in [5.41, 5.74) is 4.33. The number of nitriles is 1. The number of para-hydroxylation sites is 1. The van der Waals surface area contributed by atoms with Gasteiger partial charge in [-0.15, -0.1) is 0 Å². The molecule has 2 amide bonds. The number of allylic oxidation sites excluding steroid dienone is 2. The lowest BCUT2D eigenvalue weighted by molar-refractivity contribution is 0.262. The monoisotopic (exact) mass is 365 g/mol. The summed E-state index contributed by atoms with van der Waals surface area (Å²) in [4.78, 5) is 16.6. The van der Waals surface area contributed by atoms with Crippen LogP contribution in [0.2, 0.25) is 0 Å². The molecule has 2 N–H and O–H groups in total. The van der Waals surface area contributed by atoms with Gasteiger partial charge in [-0.05, 0) is 35.9 Å². The summed E-state index contributed by atoms with van der Waals surface area (Å²) in [6.45, 7) is 4.00. The Morgan fingerprint density at radius 3 is 2.54 bits per heavy atom. The molecule has 1 aromatic heterocycles. The van der Waals surface area contributed by atoms with E-state index in [2.05, 4.69) is 15.6 Å². The predicted octanol–water partition coefficient (Wildman–Crippen LogP) is 5.93. The Labute approximate surface area is 159 Å². The number of aromatic nitrogens is 1. The average Bonchev–Trinajstić information content (AvgIpc) is 3.43. The molecule has 1 radical (unpaired) electrons. The van der Waals surface area contributed by atoms with Gasteiger partial charge in [0, 0.05) is 20.5 Å². The second kappa shape index (κ2) is 7.81. The Balaban J connectivity index is 0.000000950. The van der Waals surface area contributed by atoms with Gasteiger partial charge in [-0.3, -0.25) is 5.32 Å². The second-order valence-corrected chi connectivity index (χ2v) is 6.26. The Kier molecular flexibility index (Phi) is 5.30. The van der Waals surface area contributed by atoms with Gasteiger partial charge in [0.25, 0.3) is 0 Å². The molecule has 0 bridgehead atoms. The fourth-order valence-corrected chi connectivity index (χ4v) is 3.23. The lowest BCUT2D eigenvalue weighted by Gasteiger charge is -2.04. The molecule has 26 heavy (non-hydrogen) atoms. The summed E-state index contributed by atoms with van der Waals surface area (Å²) >= 11 is 1.43. The minimum absolute atomic E-state index is 0. The van der Waals surface area contributed by atoms with Crippen molar-refractivity contribution in [2.24, 2.45) is 0 Å². The third-order valence-electron chi connectivity index (χ3n) is 3.56. The molecule has 1 aliphatic rings. The lowest BCUT2D eigenvalue weighted by Crippen LogP contribution is -2.19. The quantitative estimate of drug-likeness (QED) is 0.603. The first-order valence-corrected chi connectivity index (χ1v) is 9.08. The smallest absolute Gasteiger partial charge is 0.308 e. The van der Waals surface area contributed by atoms with Gasteiger partial charge in [-0.2, -0.15) is 5.26 Å². The van der Waals surface area contributed by atoms with Crippen molar-refractivity contribution in [3.63, 3.8) is 0 Å². The minimum atomic E-state index is -0.363. The molecular formula is C20H21N4OS. The lowest BCUT2D eigenvalue weighted by atomic mass is 10.1. The van der Waals surface area contributed by atoms with E-state index in [9.17, 15) is 4.79 Å². The topological polar surface area (TPSA) is 77.8 Å². The Hall–Kier alpha value is -3.17. The zero-order valence-electron chi connectivity index (χ0n) is 14.4. The van der Waals surface area contributed by atoms with Crippen LogP contribution in [0.4, 0.5) is 15.6 Å². The maximum absolute atomic E-state index is 12.1. The average molecular weight is 365 g/mol. The number of nitrogens with zero attached hydrogens (tertiary/aromatic N) is 2. The van der Waals surface area contributed by atoms with E-state index in [0.29, 0.717) is 16.4 Å². The number of fused-ring (bicyclic) bond motifs is 1. The number of carbonyl (C=O) groups is 1. The highest BCUT2D eigenvalue weighted by molar-refractivity contribution is 7.22. The van der Waals surface area contributed by atoms with Crippen LogP contribution < -0.4 is 10.6 Å². The standard InChI is InChI=1S/C18H11N4OS.C2H6.2H2/c19-10-11-4-8-13(9-5-11)20-17(23)22-18-21-16-14(12-6-7-12)2-1-3-15(16)24-18;1-2;;/h1-9H,(H2,20,21,22,23);1-2H3;2*1H. The van der Waals surface area contributed by atoms with Crippen molar-refractivity contribution >= 4 is 44.0 Å². The molecule has 3 aromatic rings. The first-order chi connectivity index (χ1) is 12.7. The molecule has 0 atom stereocenters. The van der Waals surface area contributed by atoms with E-state index in [4.69, 9.17) is 5.26 Å². The highest BCUT2D eigenvalue weighted by Gasteiger charge is 2.17. The normalized spacial score (nSPS) is 11.7. The minimum Gasteiger partial charge on any atom is -0.308 e. The number of thiazole rings is 1. The molecule has 6 heteroatoms. The number of carbonyl (C=O) groups excluding carboxylic acids is 1. The molecule has 2 aromatic carbocycles. The Bertz CT molecular complexity index is 1020. The van der Waals surface area contributed by atoms with Crippen LogP contribution in [0.15, 0.2) is 48.5 Å². The number of amides is 2. The van der Waals surface area contributed by atoms with Gasteiger partial charge < -0.3 is 5.32 Å². The molecule has 0 saturated carbocycles. The van der Waals surface area contributed by atoms with Gasteiger partial charge >= 0.3 is 6.03 Å². The van der Waals surface area contributed by atoms with Crippen LogP contribution in [-0.4, -0.2) is 11.0 Å². The number of rotatable bonds is 3. The number of benzene rings is 2. The van der Waals surface area contributed by atoms with Crippen molar-refractivity contribution in [3.05, 3.63) is 66.1 Å². The fraction of sp³-hybridized carbons (Fsp3) is 0.100. The number of nitrogens with one attached hydrogen (secondary N) is 2. The van der Waals surface area contributed by atoms with Crippen LogP contribution in [-0.2, 0) is 0 Å². The maximum Gasteiger partial charge on any atom is 0.325 e. The molecule has 4 rings (SSSR count). The SMILES string of the molecule is CC.N#Cc1ccc(NC(=O)Nc2nc3c(C4=C[CH]4)cccc3s2)cc1.[HH].[HH]. The largest absolute Gasteiger partial charge is 0.325 e. The molecule has 0 spiro atoms. The summed E-state index contributed by atoms with van der Waals surface area (Å²) < 4.78 is 1.03. The molecule has 0 fully saturated rings. The van der Waals surface area contributed by atoms with E-state index in [1.165, 1.54) is 16.9 Å². The highest BCUT2D eigenvalue weighted by Crippen LogP contribution is 2.37. The van der Waals surface area contributed by atoms with Gasteiger partial charge in [0.05, 0.1) is 21.8 Å². The van der Waals surface area contributed by atoms with Crippen LogP contribution in [0.5, 0.6) is 0 Å². The zero-order valence-corrected chi connectivity index (χ0v) is 15.2. The van der Waals surface area contributed by atoms with Crippen LogP contribution >= 0.6 is 11.3 Å². The van der Waals surface area contributed by atoms with Gasteiger partial charge in [-0.1, -0.05) is 43.4 Å². The van der Waals surface area contributed by atoms with Crippen molar-refractivity contribution in [1.29, 1.82) is 5.26 Å². The molecule has 0 saturated heterocycles. The van der Waals surface area contributed by atoms with E-state index in [-0.39, 0.29) is 8.88 Å². The molecule has 1 heterocycles. The van der Waals surface area contributed by atoms with Crippen molar-refractivity contribution in [2.75, 3.05) is 10.6 Å². The van der Waals surface area contributed by atoms with Gasteiger partial charge in [0.15, 0.2) is 5.13 Å². The van der Waals surface area contributed by atoms with Crippen molar-refractivity contribution in [2.45, 2.75) is 13.8 Å². The van der Waals surface area contributed by atoms with E-state index < -0.39 is 0 Å². The van der Waals surface area contributed by atoms with Crippen LogP contribution in [0, 0.1) is 17.8 Å². The molecule has 133 valence electrons. The van der Waals surface area contributed by atoms with Gasteiger partial charge in [0.2, 0.25) is 0 Å². The molecule has 0 unspecified atom stereocenters. The molecule has 1 aliphatic carbocycles. The van der Waals surface area contributed by atoms with Gasteiger partial charge in [-0.25, -0.2) is 9.78 Å². The van der Waals surface area contributed by atoms with E-state index >= 15 is 0 Å². The number of hydrogen-bond acceptors (Lipinski definition) is 4. The molecular weight excluding hydrogens is 344 g/mol. The fourth-order valence-electron chi connectivity index (χ4n) is 2.34. The maximum atomic E-state index is 12.1. The van der Waals surface area contributed by atoms with E-state index in [1.807, 2.05) is 50.6 Å². The summed E-state index contributed by atoms with van der Waals surface area (Å²) in [6, 6.07) is 14.4. The van der Waals surface area contributed by atoms with Crippen molar-refractivity contribution in [1.82, 2.24) is 4.98 Å². The predicted molar refractivity (Wildman–Crippen MR) is 111 cm³/mol. The number of urea groups is 1. The first kappa shape index (κ1) is 17.6. The van der Waals surface area contributed by atoms with Crippen LogP contribution in [0.3, 0.4) is 0 Å². The molecule has 5 nitrogen and oxygen atoms in total. The summed E-state index contributed by atoms with van der Waals surface area (Å²) in [6.07, 6.45) is 4.08. The second-order valence-electron chi connectivity index (χ2n) is 5.23. The van der Waals surface area contributed by atoms with Crippen molar-refractivity contribution in [3.8, 4) is 6.07 Å². The van der Waals surface area contributed by atoms with E-state index in [0.717, 1.165) is 15.8 Å². The third kappa shape index (κ3) is 3.90. The van der Waals surface area contributed by atoms with Crippen molar-refractivity contribution < 1.29 is 7.65 Å². The third-order valence-corrected chi connectivity index (χ3v) is 4.49. The Morgan fingerprint density at radius 1 is 1.15 bits per heavy atom. The summed E-state index contributed by atoms with van der Waals surface area (Å²) in [5, 5.41) is 14.8. The molecule has 0 aliphatic heterocycles. The number of hydrogen-bond donors (Lipinski definition) is 2. The first-order valence-electron chi connectivity index (χ1n) is 8.26. The number of anilines is 2. The summed E-state index contributed by atoms with van der Waals surface area (Å²) in [7, 11) is 0. The van der Waals surface area contributed by atoms with Crippen LogP contribution in [0.25, 0.3) is 15.8 Å². The Morgan fingerprint density at radius 2 is 1.88 bits per heavy atom. The zero-order chi connectivity index (χ0) is 18.5. The van der Waals surface area contributed by atoms with Crippen LogP contribution in [0.1, 0.15) is 27.8 Å². The van der Waals surface area contributed by atoms with E-state index in [1.54, 1.807) is 24.3 Å². The highest BCUT2D eigenvalue weighted by atomic mass is 32.1. The van der Waals surface area contributed by atoms with Gasteiger partial charge in [0.1, 0.15) is 0 Å².